The molecular formula is C12H14BrNO2. The Hall–Kier alpha value is -0.740. The molecule has 2 heterocycles. The summed E-state index contributed by atoms with van der Waals surface area (Å²) in [5.74, 6) is 2.32. The van der Waals surface area contributed by atoms with Crippen LogP contribution in [-0.4, -0.2) is 19.9 Å². The van der Waals surface area contributed by atoms with Crippen LogP contribution < -0.4 is 14.8 Å². The number of benzene rings is 1. The maximum absolute atomic E-state index is 5.49. The van der Waals surface area contributed by atoms with Crippen LogP contribution in [-0.2, 0) is 0 Å². The van der Waals surface area contributed by atoms with Crippen molar-refractivity contribution in [3.63, 3.8) is 0 Å². The molecule has 86 valence electrons. The van der Waals surface area contributed by atoms with E-state index in [9.17, 15) is 0 Å². The molecule has 1 atom stereocenters. The van der Waals surface area contributed by atoms with E-state index in [2.05, 4.69) is 34.2 Å². The van der Waals surface area contributed by atoms with Crippen molar-refractivity contribution in [3.8, 4) is 11.5 Å². The van der Waals surface area contributed by atoms with Crippen LogP contribution in [0.15, 0.2) is 10.5 Å². The van der Waals surface area contributed by atoms with E-state index in [0.29, 0.717) is 12.7 Å². The fourth-order valence-electron chi connectivity index (χ4n) is 2.54. The fourth-order valence-corrected chi connectivity index (χ4v) is 3.49. The third kappa shape index (κ3) is 1.52. The lowest BCUT2D eigenvalue weighted by Crippen LogP contribution is -2.09. The highest BCUT2D eigenvalue weighted by atomic mass is 79.9. The molecule has 0 spiro atoms. The molecule has 1 fully saturated rings. The van der Waals surface area contributed by atoms with Gasteiger partial charge in [0, 0.05) is 6.54 Å². The average molecular weight is 284 g/mol. The van der Waals surface area contributed by atoms with Gasteiger partial charge in [0.05, 0.1) is 4.47 Å². The summed E-state index contributed by atoms with van der Waals surface area (Å²) in [7, 11) is 0. The van der Waals surface area contributed by atoms with Crippen LogP contribution in [0.1, 0.15) is 23.5 Å². The monoisotopic (exact) mass is 283 g/mol. The second-order valence-corrected chi connectivity index (χ2v) is 5.14. The molecule has 16 heavy (non-hydrogen) atoms. The summed E-state index contributed by atoms with van der Waals surface area (Å²) >= 11 is 3.66. The SMILES string of the molecule is Cc1cc2c(c(Br)c1C1CCNC1)OCO2. The van der Waals surface area contributed by atoms with Crippen LogP contribution in [0.25, 0.3) is 0 Å². The summed E-state index contributed by atoms with van der Waals surface area (Å²) < 4.78 is 12.0. The van der Waals surface area contributed by atoms with Gasteiger partial charge in [-0.1, -0.05) is 0 Å². The van der Waals surface area contributed by atoms with Crippen molar-refractivity contribution >= 4 is 15.9 Å². The highest BCUT2D eigenvalue weighted by Crippen LogP contribution is 2.45. The normalized spacial score (nSPS) is 22.8. The Bertz CT molecular complexity index is 428. The van der Waals surface area contributed by atoms with Crippen LogP contribution in [0.2, 0.25) is 0 Å². The highest BCUT2D eigenvalue weighted by Gasteiger charge is 2.27. The Morgan fingerprint density at radius 2 is 2.31 bits per heavy atom. The van der Waals surface area contributed by atoms with Gasteiger partial charge in [0.15, 0.2) is 11.5 Å². The third-order valence-corrected chi connectivity index (χ3v) is 4.11. The van der Waals surface area contributed by atoms with Gasteiger partial charge < -0.3 is 14.8 Å². The Kier molecular flexibility index (Phi) is 2.56. The molecule has 0 aromatic heterocycles. The summed E-state index contributed by atoms with van der Waals surface area (Å²) in [6.45, 7) is 4.63. The smallest absolute Gasteiger partial charge is 0.231 e. The molecule has 1 aromatic carbocycles. The zero-order valence-corrected chi connectivity index (χ0v) is 10.8. The van der Waals surface area contributed by atoms with E-state index in [1.165, 1.54) is 17.5 Å². The molecule has 3 nitrogen and oxygen atoms in total. The lowest BCUT2D eigenvalue weighted by atomic mass is 9.93. The predicted octanol–water partition coefficient (Wildman–Crippen LogP) is 2.56. The second-order valence-electron chi connectivity index (χ2n) is 4.34. The first-order valence-corrected chi connectivity index (χ1v) is 6.36. The first-order valence-electron chi connectivity index (χ1n) is 5.56. The lowest BCUT2D eigenvalue weighted by Gasteiger charge is -2.16. The summed E-state index contributed by atoms with van der Waals surface area (Å²) in [5, 5.41) is 3.40. The van der Waals surface area contributed by atoms with Gasteiger partial charge in [0.2, 0.25) is 6.79 Å². The largest absolute Gasteiger partial charge is 0.454 e. The van der Waals surface area contributed by atoms with Crippen LogP contribution in [0.3, 0.4) is 0 Å². The topological polar surface area (TPSA) is 30.5 Å². The van der Waals surface area contributed by atoms with Gasteiger partial charge in [-0.05, 0) is 58.9 Å². The van der Waals surface area contributed by atoms with E-state index >= 15 is 0 Å². The molecular weight excluding hydrogens is 270 g/mol. The molecule has 1 aromatic rings. The summed E-state index contributed by atoms with van der Waals surface area (Å²) in [6, 6.07) is 2.08. The minimum Gasteiger partial charge on any atom is -0.454 e. The first-order chi connectivity index (χ1) is 7.77. The van der Waals surface area contributed by atoms with Gasteiger partial charge in [-0.15, -0.1) is 0 Å². The van der Waals surface area contributed by atoms with Gasteiger partial charge in [-0.2, -0.15) is 0 Å². The minimum atomic E-state index is 0.333. The van der Waals surface area contributed by atoms with E-state index < -0.39 is 0 Å². The standard InChI is InChI=1S/C12H14BrNO2/c1-7-4-9-12(16-6-15-9)11(13)10(7)8-2-3-14-5-8/h4,8,14H,2-3,5-6H2,1H3. The number of rotatable bonds is 1. The lowest BCUT2D eigenvalue weighted by molar-refractivity contribution is 0.173. The quantitative estimate of drug-likeness (QED) is 0.859. The maximum atomic E-state index is 5.49. The second kappa shape index (κ2) is 3.93. The summed E-state index contributed by atoms with van der Waals surface area (Å²) in [6.07, 6.45) is 1.19. The number of fused-ring (bicyclic) bond motifs is 1. The van der Waals surface area contributed by atoms with Gasteiger partial charge in [0.25, 0.3) is 0 Å². The molecule has 0 saturated carbocycles. The zero-order valence-electron chi connectivity index (χ0n) is 9.18. The summed E-state index contributed by atoms with van der Waals surface area (Å²) in [5.41, 5.74) is 2.65. The molecule has 0 radical (unpaired) electrons. The number of nitrogens with one attached hydrogen (secondary N) is 1. The van der Waals surface area contributed by atoms with Crippen molar-refractivity contribution < 1.29 is 9.47 Å². The van der Waals surface area contributed by atoms with Crippen molar-refractivity contribution in [2.45, 2.75) is 19.3 Å². The Morgan fingerprint density at radius 1 is 1.44 bits per heavy atom. The molecule has 2 aliphatic heterocycles. The summed E-state index contributed by atoms with van der Waals surface area (Å²) in [4.78, 5) is 0. The predicted molar refractivity (Wildman–Crippen MR) is 65.2 cm³/mol. The number of halogens is 1. The molecule has 0 bridgehead atoms. The average Bonchev–Trinajstić information content (AvgIpc) is 2.87. The number of ether oxygens (including phenoxy) is 2. The molecule has 1 saturated heterocycles. The van der Waals surface area contributed by atoms with Crippen LogP contribution in [0.5, 0.6) is 11.5 Å². The molecule has 3 rings (SSSR count). The maximum Gasteiger partial charge on any atom is 0.231 e. The number of hydrogen-bond acceptors (Lipinski definition) is 3. The molecule has 2 aliphatic rings. The zero-order chi connectivity index (χ0) is 11.1. The molecule has 1 unspecified atom stereocenters. The van der Waals surface area contributed by atoms with E-state index in [0.717, 1.165) is 29.1 Å². The van der Waals surface area contributed by atoms with E-state index in [-0.39, 0.29) is 0 Å². The van der Waals surface area contributed by atoms with Crippen LogP contribution >= 0.6 is 15.9 Å². The Labute approximate surface area is 103 Å². The van der Waals surface area contributed by atoms with Crippen LogP contribution in [0, 0.1) is 6.92 Å². The van der Waals surface area contributed by atoms with Crippen molar-refractivity contribution in [3.05, 3.63) is 21.7 Å². The van der Waals surface area contributed by atoms with Crippen molar-refractivity contribution in [2.24, 2.45) is 0 Å². The molecule has 4 heteroatoms. The van der Waals surface area contributed by atoms with Crippen molar-refractivity contribution in [1.82, 2.24) is 5.32 Å². The van der Waals surface area contributed by atoms with Crippen molar-refractivity contribution in [2.75, 3.05) is 19.9 Å². The molecule has 0 aliphatic carbocycles. The van der Waals surface area contributed by atoms with Gasteiger partial charge in [0.1, 0.15) is 0 Å². The van der Waals surface area contributed by atoms with E-state index in [1.807, 2.05) is 0 Å². The number of hydrogen-bond donors (Lipinski definition) is 1. The number of aryl methyl sites for hydroxylation is 1. The highest BCUT2D eigenvalue weighted by molar-refractivity contribution is 9.10. The fraction of sp³-hybridized carbons (Fsp3) is 0.500. The molecule has 0 amide bonds. The van der Waals surface area contributed by atoms with E-state index in [1.54, 1.807) is 0 Å². The van der Waals surface area contributed by atoms with Gasteiger partial charge in [-0.25, -0.2) is 0 Å². The van der Waals surface area contributed by atoms with Crippen LogP contribution in [0.4, 0.5) is 0 Å². The first kappa shape index (κ1) is 10.4. The Balaban J connectivity index is 2.10. The van der Waals surface area contributed by atoms with Gasteiger partial charge >= 0.3 is 0 Å². The van der Waals surface area contributed by atoms with Gasteiger partial charge in [-0.3, -0.25) is 0 Å². The molecule has 1 N–H and O–H groups in total. The minimum absolute atomic E-state index is 0.333. The third-order valence-electron chi connectivity index (χ3n) is 3.32. The van der Waals surface area contributed by atoms with E-state index in [4.69, 9.17) is 9.47 Å². The Morgan fingerprint density at radius 3 is 3.06 bits per heavy atom. The van der Waals surface area contributed by atoms with Crippen molar-refractivity contribution in [1.29, 1.82) is 0 Å².